The van der Waals surface area contributed by atoms with Gasteiger partial charge in [0.05, 0.1) is 0 Å². The van der Waals surface area contributed by atoms with E-state index in [1.807, 2.05) is 30.3 Å². The van der Waals surface area contributed by atoms with Crippen molar-refractivity contribution in [3.63, 3.8) is 0 Å². The number of halogens is 1. The molecule has 3 nitrogen and oxygen atoms in total. The molecule has 0 heterocycles. The highest BCUT2D eigenvalue weighted by Gasteiger charge is 2.00. The Hall–Kier alpha value is -1.61. The number of esters is 1. The van der Waals surface area contributed by atoms with Crippen molar-refractivity contribution in [2.24, 2.45) is 0 Å². The van der Waals surface area contributed by atoms with Gasteiger partial charge in [-0.1, -0.05) is 30.3 Å². The molecule has 0 spiro atoms. The van der Waals surface area contributed by atoms with E-state index in [-0.39, 0.29) is 0 Å². The molecule has 0 amide bonds. The first kappa shape index (κ1) is 11.5. The van der Waals surface area contributed by atoms with Crippen LogP contribution >= 0.6 is 11.6 Å². The van der Waals surface area contributed by atoms with Gasteiger partial charge in [0.15, 0.2) is 6.61 Å². The largest absolute Gasteiger partial charge is 0.453 e. The van der Waals surface area contributed by atoms with Gasteiger partial charge in [-0.25, -0.2) is 4.79 Å². The van der Waals surface area contributed by atoms with E-state index in [1.165, 1.54) is 6.08 Å². The van der Waals surface area contributed by atoms with E-state index < -0.39 is 17.8 Å². The van der Waals surface area contributed by atoms with E-state index in [2.05, 4.69) is 4.74 Å². The highest BCUT2D eigenvalue weighted by molar-refractivity contribution is 6.64. The molecule has 0 aliphatic heterocycles. The average molecular weight is 225 g/mol. The number of hydrogen-bond acceptors (Lipinski definition) is 3. The minimum Gasteiger partial charge on any atom is -0.453 e. The van der Waals surface area contributed by atoms with Gasteiger partial charge >= 0.3 is 5.97 Å². The lowest BCUT2D eigenvalue weighted by Crippen LogP contribution is -2.06. The van der Waals surface area contributed by atoms with Crippen LogP contribution in [0.1, 0.15) is 5.56 Å². The molecule has 0 radical (unpaired) electrons. The van der Waals surface area contributed by atoms with Gasteiger partial charge in [-0.3, -0.25) is 4.79 Å². The number of rotatable bonds is 4. The fourth-order valence-electron chi connectivity index (χ4n) is 0.904. The Balaban J connectivity index is 2.44. The fraction of sp³-hybridized carbons (Fsp3) is 0.0909. The third-order valence-corrected chi connectivity index (χ3v) is 1.65. The summed E-state index contributed by atoms with van der Waals surface area (Å²) in [6, 6.07) is 9.27. The predicted molar refractivity (Wildman–Crippen MR) is 57.3 cm³/mol. The smallest absolute Gasteiger partial charge is 0.331 e. The second kappa shape index (κ2) is 5.98. The van der Waals surface area contributed by atoms with E-state index in [4.69, 9.17) is 11.6 Å². The van der Waals surface area contributed by atoms with Crippen LogP contribution in [0.3, 0.4) is 0 Å². The Labute approximate surface area is 92.3 Å². The van der Waals surface area contributed by atoms with E-state index in [0.717, 1.165) is 5.56 Å². The van der Waals surface area contributed by atoms with Crippen LogP contribution in [0.15, 0.2) is 36.4 Å². The zero-order valence-electron chi connectivity index (χ0n) is 7.85. The highest BCUT2D eigenvalue weighted by Crippen LogP contribution is 2.01. The minimum atomic E-state index is -0.698. The van der Waals surface area contributed by atoms with E-state index >= 15 is 0 Å². The topological polar surface area (TPSA) is 43.4 Å². The van der Waals surface area contributed by atoms with Crippen molar-refractivity contribution in [3.8, 4) is 0 Å². The standard InChI is InChI=1S/C11H9ClO3/c12-10(13)8-15-11(14)7-6-9-4-2-1-3-5-9/h1-7H,8H2. The van der Waals surface area contributed by atoms with E-state index in [0.29, 0.717) is 0 Å². The van der Waals surface area contributed by atoms with Crippen molar-refractivity contribution in [2.45, 2.75) is 0 Å². The van der Waals surface area contributed by atoms with Crippen LogP contribution in [-0.4, -0.2) is 17.8 Å². The molecule has 4 heteroatoms. The lowest BCUT2D eigenvalue weighted by molar-refractivity contribution is -0.141. The van der Waals surface area contributed by atoms with Crippen LogP contribution in [0, 0.1) is 0 Å². The molecule has 1 aromatic carbocycles. The predicted octanol–water partition coefficient (Wildman–Crippen LogP) is 2.01. The molecule has 15 heavy (non-hydrogen) atoms. The van der Waals surface area contributed by atoms with Gasteiger partial charge < -0.3 is 4.74 Å². The lowest BCUT2D eigenvalue weighted by Gasteiger charge is -1.95. The summed E-state index contributed by atoms with van der Waals surface area (Å²) in [6.07, 6.45) is 2.84. The molecule has 0 fully saturated rings. The molecule has 0 unspecified atom stereocenters. The lowest BCUT2D eigenvalue weighted by atomic mass is 10.2. The Bertz CT molecular complexity index is 371. The van der Waals surface area contributed by atoms with Crippen LogP contribution in [0.4, 0.5) is 0 Å². The van der Waals surface area contributed by atoms with E-state index in [1.54, 1.807) is 6.08 Å². The summed E-state index contributed by atoms with van der Waals surface area (Å²) in [5.74, 6) is -0.590. The Morgan fingerprint density at radius 1 is 1.27 bits per heavy atom. The van der Waals surface area contributed by atoms with Gasteiger partial charge in [0, 0.05) is 6.08 Å². The summed E-state index contributed by atoms with van der Waals surface area (Å²) in [5.41, 5.74) is 0.881. The highest BCUT2D eigenvalue weighted by atomic mass is 35.5. The molecule has 0 N–H and O–H groups in total. The van der Waals surface area contributed by atoms with Crippen LogP contribution in [0.2, 0.25) is 0 Å². The SMILES string of the molecule is O=C(Cl)COC(=O)C=Cc1ccccc1. The zero-order valence-corrected chi connectivity index (χ0v) is 8.61. The molecule has 78 valence electrons. The van der Waals surface area contributed by atoms with Gasteiger partial charge in [-0.2, -0.15) is 0 Å². The molecule has 0 atom stereocenters. The Morgan fingerprint density at radius 2 is 1.93 bits per heavy atom. The van der Waals surface area contributed by atoms with Gasteiger partial charge in [0.2, 0.25) is 0 Å². The van der Waals surface area contributed by atoms with Gasteiger partial charge in [-0.15, -0.1) is 0 Å². The van der Waals surface area contributed by atoms with Crippen LogP contribution in [0.5, 0.6) is 0 Å². The van der Waals surface area contributed by atoms with Crippen molar-refractivity contribution >= 4 is 28.9 Å². The third-order valence-electron chi connectivity index (χ3n) is 1.54. The summed E-state index contributed by atoms with van der Waals surface area (Å²) in [6.45, 7) is -0.403. The molecule has 0 saturated heterocycles. The maximum atomic E-state index is 11.0. The first-order valence-electron chi connectivity index (χ1n) is 4.26. The maximum Gasteiger partial charge on any atom is 0.331 e. The quantitative estimate of drug-likeness (QED) is 0.446. The normalized spacial score (nSPS) is 10.2. The van der Waals surface area contributed by atoms with Crippen molar-refractivity contribution in [1.29, 1.82) is 0 Å². The van der Waals surface area contributed by atoms with Gasteiger partial charge in [0.1, 0.15) is 0 Å². The van der Waals surface area contributed by atoms with Crippen LogP contribution in [-0.2, 0) is 14.3 Å². The summed E-state index contributed by atoms with van der Waals surface area (Å²) < 4.78 is 4.52. The van der Waals surface area contributed by atoms with Crippen LogP contribution < -0.4 is 0 Å². The summed E-state index contributed by atoms with van der Waals surface area (Å²) in [5, 5.41) is -0.698. The van der Waals surface area contributed by atoms with Gasteiger partial charge in [0.25, 0.3) is 5.24 Å². The van der Waals surface area contributed by atoms with Crippen molar-refractivity contribution < 1.29 is 14.3 Å². The van der Waals surface area contributed by atoms with Gasteiger partial charge in [-0.05, 0) is 23.2 Å². The first-order valence-corrected chi connectivity index (χ1v) is 4.64. The molecule has 1 rings (SSSR count). The molecule has 0 aromatic heterocycles. The Morgan fingerprint density at radius 3 is 2.53 bits per heavy atom. The Kier molecular flexibility index (Phi) is 4.57. The van der Waals surface area contributed by atoms with Crippen molar-refractivity contribution in [1.82, 2.24) is 0 Å². The number of carbonyl (C=O) groups is 2. The minimum absolute atomic E-state index is 0.403. The summed E-state index contributed by atoms with van der Waals surface area (Å²) >= 11 is 5.00. The maximum absolute atomic E-state index is 11.0. The number of benzene rings is 1. The number of ether oxygens (including phenoxy) is 1. The monoisotopic (exact) mass is 224 g/mol. The van der Waals surface area contributed by atoms with Crippen molar-refractivity contribution in [2.75, 3.05) is 6.61 Å². The van der Waals surface area contributed by atoms with Crippen molar-refractivity contribution in [3.05, 3.63) is 42.0 Å². The fourth-order valence-corrected chi connectivity index (χ4v) is 0.959. The summed E-state index contributed by atoms with van der Waals surface area (Å²) in [7, 11) is 0. The average Bonchev–Trinajstić information content (AvgIpc) is 2.25. The molecule has 0 saturated carbocycles. The molecular weight excluding hydrogens is 216 g/mol. The molecule has 0 bridgehead atoms. The van der Waals surface area contributed by atoms with E-state index in [9.17, 15) is 9.59 Å². The molecule has 0 aliphatic rings. The zero-order chi connectivity index (χ0) is 11.1. The second-order valence-electron chi connectivity index (χ2n) is 2.71. The van der Waals surface area contributed by atoms with Crippen LogP contribution in [0.25, 0.3) is 6.08 Å². The first-order chi connectivity index (χ1) is 7.18. The number of hydrogen-bond donors (Lipinski definition) is 0. The molecule has 1 aromatic rings. The molecule has 0 aliphatic carbocycles. The summed E-state index contributed by atoms with van der Waals surface area (Å²) in [4.78, 5) is 21.3. The third kappa shape index (κ3) is 4.98. The second-order valence-corrected chi connectivity index (χ2v) is 3.13. The molecular formula is C11H9ClO3. The number of carbonyl (C=O) groups excluding carboxylic acids is 2.